The van der Waals surface area contributed by atoms with E-state index >= 15 is 0 Å². The molecule has 3 fully saturated rings. The zero-order chi connectivity index (χ0) is 22.2. The van der Waals surface area contributed by atoms with Crippen molar-refractivity contribution in [3.63, 3.8) is 0 Å². The van der Waals surface area contributed by atoms with E-state index in [0.717, 1.165) is 60.9 Å². The number of allylic oxidation sites excluding steroid dienone is 1. The first-order valence-electron chi connectivity index (χ1n) is 12.7. The standard InChI is InChI=1S/C27H31ClN4O/c28-18-2-5-19(6-3-18)31-15-21-7-8-22(16-31)32(21)20-4-1-17(13-20)25-29-24-9-10-27(11-12-27)14-23(24)26(33)30-25/h2-3,5-6,13,20-22H,1,4,7-12,14-16H2,(H,29,30,33). The van der Waals surface area contributed by atoms with Crippen LogP contribution in [-0.4, -0.2) is 46.1 Å². The van der Waals surface area contributed by atoms with E-state index in [2.05, 4.69) is 33.0 Å². The number of aryl methyl sites for hydroxylation is 1. The summed E-state index contributed by atoms with van der Waals surface area (Å²) in [5, 5.41) is 0.796. The van der Waals surface area contributed by atoms with Gasteiger partial charge in [0.05, 0.1) is 5.69 Å². The number of aromatic nitrogens is 2. The molecule has 2 aromatic rings. The average molecular weight is 463 g/mol. The summed E-state index contributed by atoms with van der Waals surface area (Å²) in [5.74, 6) is 0.833. The second-order valence-electron chi connectivity index (χ2n) is 11.0. The van der Waals surface area contributed by atoms with E-state index in [1.807, 2.05) is 12.1 Å². The highest BCUT2D eigenvalue weighted by molar-refractivity contribution is 6.30. The van der Waals surface area contributed by atoms with E-state index in [1.54, 1.807) is 0 Å². The molecule has 3 atom stereocenters. The molecule has 2 saturated heterocycles. The number of rotatable bonds is 3. The zero-order valence-corrected chi connectivity index (χ0v) is 19.8. The molecule has 7 rings (SSSR count). The summed E-state index contributed by atoms with van der Waals surface area (Å²) in [6, 6.07) is 9.92. The van der Waals surface area contributed by atoms with Gasteiger partial charge in [-0.3, -0.25) is 9.69 Å². The summed E-state index contributed by atoms with van der Waals surface area (Å²) in [4.78, 5) is 26.3. The lowest BCUT2D eigenvalue weighted by molar-refractivity contribution is 0.134. The third kappa shape index (κ3) is 3.47. The summed E-state index contributed by atoms with van der Waals surface area (Å²) < 4.78 is 0. The summed E-state index contributed by atoms with van der Waals surface area (Å²) in [6.07, 6.45) is 12.8. The molecular formula is C27H31ClN4O. The van der Waals surface area contributed by atoms with Crippen molar-refractivity contribution in [2.75, 3.05) is 18.0 Å². The molecule has 1 aromatic carbocycles. The number of anilines is 1. The SMILES string of the molecule is O=c1[nH]c(C2=CC(N3C4CCC3CN(c3ccc(Cl)cc3)C4)CC2)nc2c1CC1(CC2)CC1. The fourth-order valence-electron chi connectivity index (χ4n) is 7.01. The molecule has 1 saturated carbocycles. The van der Waals surface area contributed by atoms with Gasteiger partial charge in [-0.15, -0.1) is 0 Å². The monoisotopic (exact) mass is 462 g/mol. The van der Waals surface area contributed by atoms with Gasteiger partial charge in [-0.05, 0) is 93.0 Å². The summed E-state index contributed by atoms with van der Waals surface area (Å²) in [6.45, 7) is 2.15. The maximum Gasteiger partial charge on any atom is 0.254 e. The minimum atomic E-state index is 0.113. The predicted molar refractivity (Wildman–Crippen MR) is 132 cm³/mol. The van der Waals surface area contributed by atoms with Gasteiger partial charge in [0.2, 0.25) is 0 Å². The van der Waals surface area contributed by atoms with Gasteiger partial charge >= 0.3 is 0 Å². The Morgan fingerprint density at radius 1 is 1.00 bits per heavy atom. The van der Waals surface area contributed by atoms with Gasteiger partial charge in [0.15, 0.2) is 0 Å². The number of piperazine rings is 1. The summed E-state index contributed by atoms with van der Waals surface area (Å²) >= 11 is 6.10. The molecule has 0 amide bonds. The fourth-order valence-corrected chi connectivity index (χ4v) is 7.14. The van der Waals surface area contributed by atoms with Crippen LogP contribution in [0.3, 0.4) is 0 Å². The van der Waals surface area contributed by atoms with Crippen LogP contribution in [0.25, 0.3) is 5.57 Å². The molecule has 0 radical (unpaired) electrons. The van der Waals surface area contributed by atoms with E-state index in [0.29, 0.717) is 23.5 Å². The molecule has 2 bridgehead atoms. The molecule has 3 aliphatic carbocycles. The van der Waals surface area contributed by atoms with Crippen LogP contribution in [-0.2, 0) is 12.8 Å². The van der Waals surface area contributed by atoms with Gasteiger partial charge in [0, 0.05) is 47.5 Å². The number of aromatic amines is 1. The van der Waals surface area contributed by atoms with Gasteiger partial charge in [-0.2, -0.15) is 0 Å². The molecule has 33 heavy (non-hydrogen) atoms. The highest BCUT2D eigenvalue weighted by atomic mass is 35.5. The van der Waals surface area contributed by atoms with E-state index in [9.17, 15) is 4.79 Å². The summed E-state index contributed by atoms with van der Waals surface area (Å²) in [7, 11) is 0. The Balaban J connectivity index is 1.11. The first kappa shape index (κ1) is 20.3. The maximum absolute atomic E-state index is 12.9. The Kier molecular flexibility index (Phi) is 4.57. The van der Waals surface area contributed by atoms with Crippen molar-refractivity contribution in [2.24, 2.45) is 5.41 Å². The molecule has 1 N–H and O–H groups in total. The molecule has 2 aliphatic heterocycles. The molecule has 1 aromatic heterocycles. The minimum Gasteiger partial charge on any atom is -0.368 e. The third-order valence-electron chi connectivity index (χ3n) is 9.02. The first-order chi connectivity index (χ1) is 16.1. The highest BCUT2D eigenvalue weighted by Gasteiger charge is 2.46. The Labute approximate surface area is 199 Å². The number of benzene rings is 1. The number of nitrogens with one attached hydrogen (secondary N) is 1. The van der Waals surface area contributed by atoms with Crippen LogP contribution >= 0.6 is 11.6 Å². The maximum atomic E-state index is 12.9. The second-order valence-corrected chi connectivity index (χ2v) is 11.5. The van der Waals surface area contributed by atoms with Crippen molar-refractivity contribution in [3.8, 4) is 0 Å². The Hall–Kier alpha value is -2.11. The largest absolute Gasteiger partial charge is 0.368 e. The molecular weight excluding hydrogens is 432 g/mol. The van der Waals surface area contributed by atoms with E-state index in [-0.39, 0.29) is 5.56 Å². The van der Waals surface area contributed by atoms with Crippen molar-refractivity contribution in [2.45, 2.75) is 75.9 Å². The van der Waals surface area contributed by atoms with E-state index < -0.39 is 0 Å². The summed E-state index contributed by atoms with van der Waals surface area (Å²) in [5.41, 5.74) is 5.10. The average Bonchev–Trinajstić information content (AvgIpc) is 3.28. The number of H-pyrrole nitrogens is 1. The number of fused-ring (bicyclic) bond motifs is 3. The smallest absolute Gasteiger partial charge is 0.254 e. The minimum absolute atomic E-state index is 0.113. The van der Waals surface area contributed by atoms with Crippen molar-refractivity contribution < 1.29 is 0 Å². The molecule has 3 unspecified atom stereocenters. The van der Waals surface area contributed by atoms with Crippen LogP contribution in [0.4, 0.5) is 5.69 Å². The molecule has 5 aliphatic rings. The normalized spacial score (nSPS) is 29.9. The van der Waals surface area contributed by atoms with E-state index in [4.69, 9.17) is 16.6 Å². The second kappa shape index (κ2) is 7.44. The van der Waals surface area contributed by atoms with Gasteiger partial charge < -0.3 is 9.88 Å². The topological polar surface area (TPSA) is 52.2 Å². The van der Waals surface area contributed by atoms with Crippen molar-refractivity contribution in [1.29, 1.82) is 0 Å². The van der Waals surface area contributed by atoms with Crippen LogP contribution in [0.15, 0.2) is 35.1 Å². The van der Waals surface area contributed by atoms with Crippen LogP contribution in [0.1, 0.15) is 62.0 Å². The molecule has 172 valence electrons. The first-order valence-corrected chi connectivity index (χ1v) is 13.1. The molecule has 6 heteroatoms. The lowest BCUT2D eigenvalue weighted by Crippen LogP contribution is -2.56. The van der Waals surface area contributed by atoms with Crippen molar-refractivity contribution in [3.05, 3.63) is 62.8 Å². The number of halogens is 1. The van der Waals surface area contributed by atoms with Crippen molar-refractivity contribution in [1.82, 2.24) is 14.9 Å². The number of hydrogen-bond donors (Lipinski definition) is 1. The van der Waals surface area contributed by atoms with Gasteiger partial charge in [0.25, 0.3) is 5.56 Å². The Bertz CT molecular complexity index is 1170. The van der Waals surface area contributed by atoms with Crippen LogP contribution in [0, 0.1) is 5.41 Å². The lowest BCUT2D eigenvalue weighted by atomic mass is 9.84. The van der Waals surface area contributed by atoms with E-state index in [1.165, 1.54) is 43.4 Å². The molecule has 3 heterocycles. The molecule has 1 spiro atoms. The quantitative estimate of drug-likeness (QED) is 0.724. The van der Waals surface area contributed by atoms with Crippen LogP contribution < -0.4 is 10.5 Å². The van der Waals surface area contributed by atoms with Gasteiger partial charge in [0.1, 0.15) is 5.82 Å². The zero-order valence-electron chi connectivity index (χ0n) is 19.0. The number of hydrogen-bond acceptors (Lipinski definition) is 4. The highest BCUT2D eigenvalue weighted by Crippen LogP contribution is 2.54. The number of nitrogens with zero attached hydrogens (tertiary/aromatic N) is 3. The molecule has 5 nitrogen and oxygen atoms in total. The van der Waals surface area contributed by atoms with Crippen molar-refractivity contribution >= 4 is 22.9 Å². The Morgan fingerprint density at radius 2 is 1.76 bits per heavy atom. The fraction of sp³-hybridized carbons (Fsp3) is 0.556. The third-order valence-corrected chi connectivity index (χ3v) is 9.27. The van der Waals surface area contributed by atoms with Gasteiger partial charge in [-0.1, -0.05) is 17.7 Å². The van der Waals surface area contributed by atoms with Crippen LogP contribution in [0.5, 0.6) is 0 Å². The van der Waals surface area contributed by atoms with Gasteiger partial charge in [-0.25, -0.2) is 4.98 Å². The lowest BCUT2D eigenvalue weighted by Gasteiger charge is -2.44. The van der Waals surface area contributed by atoms with Crippen LogP contribution in [0.2, 0.25) is 5.02 Å². The predicted octanol–water partition coefficient (Wildman–Crippen LogP) is 4.59. The Morgan fingerprint density at radius 3 is 2.48 bits per heavy atom.